The number of aromatic nitrogens is 2. The molecular formula is C27H29ClN6O5. The summed E-state index contributed by atoms with van der Waals surface area (Å²) in [5.41, 5.74) is 3.18. The summed E-state index contributed by atoms with van der Waals surface area (Å²) >= 11 is 6.23. The molecule has 0 unspecified atom stereocenters. The largest absolute Gasteiger partial charge is 0.437 e. The lowest BCUT2D eigenvalue weighted by atomic mass is 10.1. The predicted molar refractivity (Wildman–Crippen MR) is 147 cm³/mol. The maximum absolute atomic E-state index is 12.6. The van der Waals surface area contributed by atoms with Crippen LogP contribution in [-0.4, -0.2) is 39.4 Å². The van der Waals surface area contributed by atoms with Crippen LogP contribution in [0.1, 0.15) is 42.5 Å². The van der Waals surface area contributed by atoms with Crippen molar-refractivity contribution in [2.75, 3.05) is 17.2 Å². The predicted octanol–water partition coefficient (Wildman–Crippen LogP) is 4.98. The van der Waals surface area contributed by atoms with E-state index in [2.05, 4.69) is 32.5 Å². The number of benzene rings is 2. The van der Waals surface area contributed by atoms with E-state index in [4.69, 9.17) is 21.5 Å². The highest BCUT2D eigenvalue weighted by molar-refractivity contribution is 6.31. The number of hydroxylamine groups is 1. The van der Waals surface area contributed by atoms with Crippen molar-refractivity contribution in [3.63, 3.8) is 0 Å². The van der Waals surface area contributed by atoms with E-state index in [1.165, 1.54) is 12.3 Å². The van der Waals surface area contributed by atoms with Gasteiger partial charge in [-0.25, -0.2) is 10.5 Å². The Bertz CT molecular complexity index is 1320. The van der Waals surface area contributed by atoms with Crippen molar-refractivity contribution in [1.29, 1.82) is 0 Å². The zero-order valence-corrected chi connectivity index (χ0v) is 21.8. The van der Waals surface area contributed by atoms with E-state index in [-0.39, 0.29) is 35.1 Å². The number of rotatable bonds is 14. The fourth-order valence-electron chi connectivity index (χ4n) is 3.42. The van der Waals surface area contributed by atoms with Crippen molar-refractivity contribution >= 4 is 46.6 Å². The lowest BCUT2D eigenvalue weighted by Gasteiger charge is -2.11. The molecule has 0 aliphatic heterocycles. The van der Waals surface area contributed by atoms with E-state index in [1.54, 1.807) is 54.0 Å². The molecule has 39 heavy (non-hydrogen) atoms. The number of anilines is 3. The van der Waals surface area contributed by atoms with Crippen LogP contribution in [-0.2, 0) is 9.59 Å². The van der Waals surface area contributed by atoms with Crippen LogP contribution in [0.3, 0.4) is 0 Å². The first kappa shape index (κ1) is 29.1. The molecule has 204 valence electrons. The van der Waals surface area contributed by atoms with Crippen LogP contribution in [0.2, 0.25) is 5.02 Å². The molecule has 11 nitrogen and oxygen atoms in total. The van der Waals surface area contributed by atoms with Gasteiger partial charge < -0.3 is 20.7 Å². The smallest absolute Gasteiger partial charge is 0.251 e. The molecule has 0 radical (unpaired) electrons. The van der Waals surface area contributed by atoms with Crippen LogP contribution in [0.25, 0.3) is 0 Å². The molecule has 0 aliphatic rings. The van der Waals surface area contributed by atoms with Crippen molar-refractivity contribution in [1.82, 2.24) is 20.8 Å². The second kappa shape index (κ2) is 15.1. The topological polar surface area (TPSA) is 155 Å². The Balaban J connectivity index is 1.55. The number of hydrogen-bond donors (Lipinski definition) is 5. The summed E-state index contributed by atoms with van der Waals surface area (Å²) in [6.45, 7) is 3.93. The summed E-state index contributed by atoms with van der Waals surface area (Å²) in [5, 5.41) is 17.2. The molecular weight excluding hydrogens is 524 g/mol. The number of hydrogen-bond acceptors (Lipinski definition) is 8. The summed E-state index contributed by atoms with van der Waals surface area (Å²) in [4.78, 5) is 43.6. The first-order chi connectivity index (χ1) is 18.9. The van der Waals surface area contributed by atoms with Crippen molar-refractivity contribution in [2.45, 2.75) is 32.1 Å². The van der Waals surface area contributed by atoms with Gasteiger partial charge in [0.2, 0.25) is 23.6 Å². The molecule has 1 aromatic heterocycles. The van der Waals surface area contributed by atoms with Gasteiger partial charge in [0, 0.05) is 36.0 Å². The highest BCUT2D eigenvalue weighted by atomic mass is 35.5. The molecule has 3 rings (SSSR count). The molecule has 5 N–H and O–H groups in total. The molecule has 3 amide bonds. The maximum Gasteiger partial charge on any atom is 0.251 e. The highest BCUT2D eigenvalue weighted by Crippen LogP contribution is 2.29. The number of unbranched alkanes of at least 4 members (excludes halogenated alkanes) is 3. The van der Waals surface area contributed by atoms with Crippen LogP contribution < -0.4 is 26.2 Å². The van der Waals surface area contributed by atoms with Gasteiger partial charge in [-0.1, -0.05) is 43.2 Å². The standard InChI is InChI=1S/C27H29ClN6O5/c1-2-23(35)31-20-11-8-12-21(16-20)39-26-22(28)17-30-27(33-26)32-19-10-7-9-18(15-19)25(37)29-14-6-4-3-5-13-24(36)34-38/h2,7-12,15-17,38H,1,3-6,13-14H2,(H,29,37)(H,31,35)(H,34,36)(H,30,32,33). The van der Waals surface area contributed by atoms with Gasteiger partial charge in [-0.15, -0.1) is 0 Å². The Kier molecular flexibility index (Phi) is 11.2. The molecule has 0 bridgehead atoms. The summed E-state index contributed by atoms with van der Waals surface area (Å²) in [6, 6.07) is 13.6. The van der Waals surface area contributed by atoms with E-state index in [1.807, 2.05) is 0 Å². The normalized spacial score (nSPS) is 10.3. The van der Waals surface area contributed by atoms with Gasteiger partial charge >= 0.3 is 0 Å². The van der Waals surface area contributed by atoms with E-state index in [0.717, 1.165) is 19.3 Å². The number of carbonyl (C=O) groups is 3. The second-order valence-corrected chi connectivity index (χ2v) is 8.74. The fourth-order valence-corrected chi connectivity index (χ4v) is 3.55. The third kappa shape index (κ3) is 9.72. The van der Waals surface area contributed by atoms with Crippen LogP contribution >= 0.6 is 11.6 Å². The number of nitrogens with one attached hydrogen (secondary N) is 4. The lowest BCUT2D eigenvalue weighted by molar-refractivity contribution is -0.129. The summed E-state index contributed by atoms with van der Waals surface area (Å²) in [6.07, 6.45) is 5.96. The second-order valence-electron chi connectivity index (χ2n) is 8.33. The molecule has 1 heterocycles. The van der Waals surface area contributed by atoms with E-state index in [0.29, 0.717) is 35.7 Å². The molecule has 12 heteroatoms. The number of carbonyl (C=O) groups excluding carboxylic acids is 3. The zero-order valence-electron chi connectivity index (χ0n) is 21.1. The first-order valence-corrected chi connectivity index (χ1v) is 12.6. The van der Waals surface area contributed by atoms with Crippen LogP contribution in [0.5, 0.6) is 11.6 Å². The van der Waals surface area contributed by atoms with Crippen molar-refractivity contribution in [3.05, 3.63) is 78.0 Å². The Morgan fingerprint density at radius 3 is 2.59 bits per heavy atom. The quantitative estimate of drug-likeness (QED) is 0.0812. The highest BCUT2D eigenvalue weighted by Gasteiger charge is 2.11. The van der Waals surface area contributed by atoms with Gasteiger partial charge in [0.25, 0.3) is 5.91 Å². The van der Waals surface area contributed by atoms with Crippen molar-refractivity contribution in [2.24, 2.45) is 0 Å². The molecule has 0 fully saturated rings. The third-order valence-electron chi connectivity index (χ3n) is 5.34. The SMILES string of the molecule is C=CC(=O)Nc1cccc(Oc2nc(Nc3cccc(C(=O)NCCCCCCC(=O)NO)c3)ncc2Cl)c1. The zero-order chi connectivity index (χ0) is 28.0. The van der Waals surface area contributed by atoms with Crippen molar-refractivity contribution in [3.8, 4) is 11.6 Å². The molecule has 0 aliphatic carbocycles. The van der Waals surface area contributed by atoms with Crippen LogP contribution in [0, 0.1) is 0 Å². The van der Waals surface area contributed by atoms with Crippen LogP contribution in [0.15, 0.2) is 67.4 Å². The third-order valence-corrected chi connectivity index (χ3v) is 5.59. The van der Waals surface area contributed by atoms with Gasteiger partial charge in [0.1, 0.15) is 10.8 Å². The number of nitrogens with zero attached hydrogens (tertiary/aromatic N) is 2. The van der Waals surface area contributed by atoms with Gasteiger partial charge in [-0.3, -0.25) is 19.6 Å². The Morgan fingerprint density at radius 1 is 1.03 bits per heavy atom. The average Bonchev–Trinajstić information content (AvgIpc) is 2.94. The molecule has 3 aromatic rings. The minimum Gasteiger partial charge on any atom is -0.437 e. The molecule has 0 saturated carbocycles. The van der Waals surface area contributed by atoms with Gasteiger partial charge in [0.05, 0.1) is 6.20 Å². The van der Waals surface area contributed by atoms with E-state index < -0.39 is 5.91 Å². The minimum absolute atomic E-state index is 0.104. The average molecular weight is 553 g/mol. The van der Waals surface area contributed by atoms with Gasteiger partial charge in [-0.2, -0.15) is 4.98 Å². The van der Waals surface area contributed by atoms with Gasteiger partial charge in [0.15, 0.2) is 0 Å². The maximum atomic E-state index is 12.6. The molecule has 0 saturated heterocycles. The summed E-state index contributed by atoms with van der Waals surface area (Å²) in [5.74, 6) is -0.257. The van der Waals surface area contributed by atoms with E-state index >= 15 is 0 Å². The summed E-state index contributed by atoms with van der Waals surface area (Å²) < 4.78 is 5.81. The molecule has 0 atom stereocenters. The first-order valence-electron chi connectivity index (χ1n) is 12.2. The number of halogens is 1. The fraction of sp³-hybridized carbons (Fsp3) is 0.222. The summed E-state index contributed by atoms with van der Waals surface area (Å²) in [7, 11) is 0. The van der Waals surface area contributed by atoms with Gasteiger partial charge in [-0.05, 0) is 49.2 Å². The number of amides is 3. The number of ether oxygens (including phenoxy) is 1. The monoisotopic (exact) mass is 552 g/mol. The van der Waals surface area contributed by atoms with Crippen molar-refractivity contribution < 1.29 is 24.3 Å². The minimum atomic E-state index is -0.398. The lowest BCUT2D eigenvalue weighted by Crippen LogP contribution is -2.24. The van der Waals surface area contributed by atoms with Crippen LogP contribution in [0.4, 0.5) is 17.3 Å². The van der Waals surface area contributed by atoms with E-state index in [9.17, 15) is 14.4 Å². The Morgan fingerprint density at radius 2 is 1.79 bits per heavy atom. The Hall–Kier alpha value is -4.48. The molecule has 0 spiro atoms. The Labute approximate surface area is 230 Å². The molecule has 2 aromatic carbocycles.